The second-order valence-electron chi connectivity index (χ2n) is 8.75. The van der Waals surface area contributed by atoms with Crippen LogP contribution >= 0.6 is 11.3 Å². The summed E-state index contributed by atoms with van der Waals surface area (Å²) in [5.41, 5.74) is 0.189. The Bertz CT molecular complexity index is 735. The van der Waals surface area contributed by atoms with Crippen LogP contribution in [0.2, 0.25) is 0 Å². The van der Waals surface area contributed by atoms with E-state index in [0.29, 0.717) is 21.4 Å². The van der Waals surface area contributed by atoms with E-state index in [-0.39, 0.29) is 17.9 Å². The predicted molar refractivity (Wildman–Crippen MR) is 112 cm³/mol. The molecule has 1 fully saturated rings. The molecule has 1 aromatic rings. The Kier molecular flexibility index (Phi) is 7.26. The fraction of sp³-hybridized carbons (Fsp3) is 0.667. The highest BCUT2D eigenvalue weighted by molar-refractivity contribution is 7.18. The molecule has 1 saturated carbocycles. The van der Waals surface area contributed by atoms with E-state index in [0.717, 1.165) is 30.6 Å². The molecule has 28 heavy (non-hydrogen) atoms. The molecule has 0 aromatic carbocycles. The molecule has 6 nitrogen and oxygen atoms in total. The molecule has 2 amide bonds. The summed E-state index contributed by atoms with van der Waals surface area (Å²) in [6.45, 7) is 11.0. The van der Waals surface area contributed by atoms with E-state index >= 15 is 0 Å². The number of carbonyl (C=O) groups is 3. The summed E-state index contributed by atoms with van der Waals surface area (Å²) in [5.74, 6) is -0.488. The van der Waals surface area contributed by atoms with Crippen molar-refractivity contribution in [3.63, 3.8) is 0 Å². The molecule has 2 rings (SSSR count). The lowest BCUT2D eigenvalue weighted by molar-refractivity contribution is -0.130. The molecule has 2 N–H and O–H groups in total. The van der Waals surface area contributed by atoms with Gasteiger partial charge in [-0.15, -0.1) is 11.3 Å². The minimum Gasteiger partial charge on any atom is -0.448 e. The Hall–Kier alpha value is -1.89. The molecule has 1 heterocycles. The van der Waals surface area contributed by atoms with Gasteiger partial charge < -0.3 is 15.4 Å². The summed E-state index contributed by atoms with van der Waals surface area (Å²) in [5, 5.41) is 6.44. The minimum absolute atomic E-state index is 0.122. The van der Waals surface area contributed by atoms with E-state index in [1.54, 1.807) is 19.9 Å². The number of rotatable bonds is 5. The van der Waals surface area contributed by atoms with Gasteiger partial charge in [-0.3, -0.25) is 9.59 Å². The highest BCUT2D eigenvalue weighted by atomic mass is 32.1. The van der Waals surface area contributed by atoms with Crippen molar-refractivity contribution in [3.8, 4) is 0 Å². The number of anilines is 1. The van der Waals surface area contributed by atoms with Gasteiger partial charge in [0.1, 0.15) is 4.88 Å². The van der Waals surface area contributed by atoms with Crippen LogP contribution in [0.15, 0.2) is 6.07 Å². The first-order valence-electron chi connectivity index (χ1n) is 9.92. The number of amides is 2. The van der Waals surface area contributed by atoms with Crippen molar-refractivity contribution >= 4 is 34.1 Å². The van der Waals surface area contributed by atoms with E-state index in [9.17, 15) is 14.4 Å². The molecule has 0 aliphatic heterocycles. The SMILES string of the molecule is Cc1cc(NC(=O)C(C)(C)C)sc1C(=O)O[C@H](C)C(=O)N[C@H]1CCCC[C@@H]1C. The van der Waals surface area contributed by atoms with Crippen LogP contribution in [0.25, 0.3) is 0 Å². The molecule has 1 aliphatic carbocycles. The second-order valence-corrected chi connectivity index (χ2v) is 9.80. The Balaban J connectivity index is 1.96. The first-order valence-corrected chi connectivity index (χ1v) is 10.7. The predicted octanol–water partition coefficient (Wildman–Crippen LogP) is 4.28. The van der Waals surface area contributed by atoms with Crippen molar-refractivity contribution in [3.05, 3.63) is 16.5 Å². The molecular weight excluding hydrogens is 376 g/mol. The lowest BCUT2D eigenvalue weighted by Crippen LogP contribution is -2.45. The summed E-state index contributed by atoms with van der Waals surface area (Å²) in [6, 6.07) is 1.89. The van der Waals surface area contributed by atoms with Crippen LogP contribution in [0.3, 0.4) is 0 Å². The Morgan fingerprint density at radius 2 is 1.86 bits per heavy atom. The largest absolute Gasteiger partial charge is 0.448 e. The van der Waals surface area contributed by atoms with Crippen molar-refractivity contribution in [2.75, 3.05) is 5.32 Å². The van der Waals surface area contributed by atoms with Crippen LogP contribution in [0.4, 0.5) is 5.00 Å². The number of carbonyl (C=O) groups excluding carboxylic acids is 3. The first-order chi connectivity index (χ1) is 13.0. The highest BCUT2D eigenvalue weighted by Crippen LogP contribution is 2.29. The van der Waals surface area contributed by atoms with Crippen LogP contribution in [0.1, 0.15) is 75.5 Å². The summed E-state index contributed by atoms with van der Waals surface area (Å²) in [7, 11) is 0. The topological polar surface area (TPSA) is 84.5 Å². The zero-order valence-corrected chi connectivity index (χ0v) is 18.5. The van der Waals surface area contributed by atoms with Crippen LogP contribution < -0.4 is 10.6 Å². The Morgan fingerprint density at radius 3 is 2.46 bits per heavy atom. The van der Waals surface area contributed by atoms with Crippen molar-refractivity contribution in [1.29, 1.82) is 0 Å². The highest BCUT2D eigenvalue weighted by Gasteiger charge is 2.28. The zero-order chi connectivity index (χ0) is 21.1. The van der Waals surface area contributed by atoms with Gasteiger partial charge in [0.15, 0.2) is 6.10 Å². The lowest BCUT2D eigenvalue weighted by atomic mass is 9.86. The average molecular weight is 409 g/mol. The number of aryl methyl sites for hydroxylation is 1. The number of hydrogen-bond acceptors (Lipinski definition) is 5. The van der Waals surface area contributed by atoms with Gasteiger partial charge >= 0.3 is 5.97 Å². The normalized spacial score (nSPS) is 20.9. The van der Waals surface area contributed by atoms with Crippen molar-refractivity contribution in [2.45, 2.75) is 79.4 Å². The van der Waals surface area contributed by atoms with Gasteiger partial charge in [0.05, 0.1) is 5.00 Å². The first kappa shape index (κ1) is 22.4. The number of hydrogen-bond donors (Lipinski definition) is 2. The lowest BCUT2D eigenvalue weighted by Gasteiger charge is -2.30. The monoisotopic (exact) mass is 408 g/mol. The number of esters is 1. The third kappa shape index (κ3) is 5.80. The molecule has 1 aliphatic rings. The maximum Gasteiger partial charge on any atom is 0.349 e. The minimum atomic E-state index is -0.865. The second kappa shape index (κ2) is 9.07. The number of thiophene rings is 1. The van der Waals surface area contributed by atoms with E-state index in [1.165, 1.54) is 6.42 Å². The van der Waals surface area contributed by atoms with E-state index in [2.05, 4.69) is 17.6 Å². The summed E-state index contributed by atoms with van der Waals surface area (Å²) < 4.78 is 5.39. The fourth-order valence-electron chi connectivity index (χ4n) is 3.14. The van der Waals surface area contributed by atoms with Gasteiger partial charge in [0.25, 0.3) is 5.91 Å². The maximum absolute atomic E-state index is 12.5. The van der Waals surface area contributed by atoms with Crippen molar-refractivity contribution < 1.29 is 19.1 Å². The molecule has 156 valence electrons. The van der Waals surface area contributed by atoms with Gasteiger partial charge in [-0.05, 0) is 44.2 Å². The quantitative estimate of drug-likeness (QED) is 0.712. The van der Waals surface area contributed by atoms with Crippen LogP contribution in [0.5, 0.6) is 0 Å². The summed E-state index contributed by atoms with van der Waals surface area (Å²) in [6.07, 6.45) is 3.52. The zero-order valence-electron chi connectivity index (χ0n) is 17.7. The molecule has 0 spiro atoms. The Labute approximate surface area is 171 Å². The standard InChI is InChI=1S/C21H32N2O4S/c1-12-9-7-8-10-15(12)22-18(24)14(3)27-19(25)17-13(2)11-16(28-17)23-20(26)21(4,5)6/h11-12,14-15H,7-10H2,1-6H3,(H,22,24)(H,23,26)/t12-,14+,15-/m0/s1. The number of nitrogens with one attached hydrogen (secondary N) is 2. The van der Waals surface area contributed by atoms with Crippen LogP contribution in [0, 0.1) is 18.3 Å². The summed E-state index contributed by atoms with van der Waals surface area (Å²) in [4.78, 5) is 37.5. The van der Waals surface area contributed by atoms with Gasteiger partial charge in [-0.25, -0.2) is 4.79 Å². The third-order valence-corrected chi connectivity index (χ3v) is 6.25. The van der Waals surface area contributed by atoms with Crippen LogP contribution in [-0.2, 0) is 14.3 Å². The third-order valence-electron chi connectivity index (χ3n) is 5.11. The molecular formula is C21H32N2O4S. The van der Waals surface area contributed by atoms with Crippen molar-refractivity contribution in [2.24, 2.45) is 11.3 Å². The Morgan fingerprint density at radius 1 is 1.21 bits per heavy atom. The molecule has 7 heteroatoms. The molecule has 3 atom stereocenters. The molecule has 0 radical (unpaired) electrons. The van der Waals surface area contributed by atoms with Gasteiger partial charge in [0, 0.05) is 11.5 Å². The van der Waals surface area contributed by atoms with Crippen LogP contribution in [-0.4, -0.2) is 29.9 Å². The van der Waals surface area contributed by atoms with Gasteiger partial charge in [0.2, 0.25) is 5.91 Å². The van der Waals surface area contributed by atoms with E-state index in [1.807, 2.05) is 20.8 Å². The van der Waals surface area contributed by atoms with Gasteiger partial charge in [-0.2, -0.15) is 0 Å². The average Bonchev–Trinajstić information content (AvgIpc) is 2.96. The number of ether oxygens (including phenoxy) is 1. The van der Waals surface area contributed by atoms with Crippen molar-refractivity contribution in [1.82, 2.24) is 5.32 Å². The van der Waals surface area contributed by atoms with E-state index in [4.69, 9.17) is 4.74 Å². The smallest absolute Gasteiger partial charge is 0.349 e. The molecule has 0 unspecified atom stereocenters. The maximum atomic E-state index is 12.5. The van der Waals surface area contributed by atoms with Gasteiger partial charge in [-0.1, -0.05) is 40.5 Å². The molecule has 0 bridgehead atoms. The molecule has 1 aromatic heterocycles. The molecule has 0 saturated heterocycles. The fourth-order valence-corrected chi connectivity index (χ4v) is 4.09. The summed E-state index contributed by atoms with van der Waals surface area (Å²) >= 11 is 1.16. The van der Waals surface area contributed by atoms with E-state index < -0.39 is 17.5 Å².